The number of nitrogens with one attached hydrogen (secondary N) is 4. The second kappa shape index (κ2) is 10.5. The van der Waals surface area contributed by atoms with Crippen molar-refractivity contribution in [2.45, 2.75) is 24.9 Å². The van der Waals surface area contributed by atoms with Crippen LogP contribution in [0.4, 0.5) is 9.59 Å². The van der Waals surface area contributed by atoms with Gasteiger partial charge in [0, 0.05) is 36.6 Å². The number of halogens is 1. The molecule has 0 aromatic carbocycles. The van der Waals surface area contributed by atoms with E-state index >= 15 is 0 Å². The highest BCUT2D eigenvalue weighted by Gasteiger charge is 2.30. The van der Waals surface area contributed by atoms with Crippen LogP contribution in [0.25, 0.3) is 0 Å². The Hall–Kier alpha value is -3.61. The minimum absolute atomic E-state index is 0. The molecule has 0 aliphatic heterocycles. The number of hydrogen-bond donors (Lipinski definition) is 6. The molecule has 2 amide bonds. The van der Waals surface area contributed by atoms with E-state index in [9.17, 15) is 19.2 Å². The van der Waals surface area contributed by atoms with E-state index in [1.54, 1.807) is 0 Å². The van der Waals surface area contributed by atoms with Crippen LogP contribution < -0.4 is 10.6 Å². The summed E-state index contributed by atoms with van der Waals surface area (Å²) >= 11 is 0. The lowest BCUT2D eigenvalue weighted by Gasteiger charge is -2.18. The van der Waals surface area contributed by atoms with Crippen molar-refractivity contribution in [3.05, 3.63) is 36.4 Å². The highest BCUT2D eigenvalue weighted by Crippen LogP contribution is 2.05. The number of imidazole rings is 2. The maximum Gasteiger partial charge on any atom is 0.405 e. The molecule has 2 heterocycles. The first-order valence-electron chi connectivity index (χ1n) is 7.54. The maximum atomic E-state index is 12.2. The summed E-state index contributed by atoms with van der Waals surface area (Å²) in [5.74, 6) is -2.36. The van der Waals surface area contributed by atoms with Gasteiger partial charge in [0.1, 0.15) is 12.1 Å². The molecule has 0 aliphatic carbocycles. The second-order valence-corrected chi connectivity index (χ2v) is 5.31. The van der Waals surface area contributed by atoms with Crippen molar-refractivity contribution >= 4 is 36.5 Å². The Balaban J connectivity index is 0.00000392. The standard InChI is InChI=1S/C14H16N6O7.ClH/c21-11(9(19-13(23)24)1-7-3-15-5-17-7)27-12(22)10(20-14(25)26)2-8-4-16-6-18-8;/h3-6,9-10,19-20H,1-2H2,(H,15,17)(H,16,18)(H,23,24)(H,25,26);1H/t9-,10-;/m0./s1. The second-order valence-electron chi connectivity index (χ2n) is 5.31. The van der Waals surface area contributed by atoms with Gasteiger partial charge in [-0.1, -0.05) is 0 Å². The molecule has 0 unspecified atom stereocenters. The van der Waals surface area contributed by atoms with Gasteiger partial charge in [0.15, 0.2) is 0 Å². The fourth-order valence-corrected chi connectivity index (χ4v) is 2.16. The van der Waals surface area contributed by atoms with E-state index in [1.807, 2.05) is 10.6 Å². The summed E-state index contributed by atoms with van der Waals surface area (Å²) < 4.78 is 4.68. The van der Waals surface area contributed by atoms with Crippen LogP contribution in [0.15, 0.2) is 25.0 Å². The largest absolute Gasteiger partial charge is 0.465 e. The molecular weight excluding hydrogens is 400 g/mol. The van der Waals surface area contributed by atoms with Crippen molar-refractivity contribution < 1.29 is 34.1 Å². The molecule has 0 saturated heterocycles. The number of hydrogen-bond acceptors (Lipinski definition) is 7. The van der Waals surface area contributed by atoms with Gasteiger partial charge in [0.05, 0.1) is 12.7 Å². The molecule has 28 heavy (non-hydrogen) atoms. The average molecular weight is 417 g/mol. The zero-order valence-corrected chi connectivity index (χ0v) is 14.9. The van der Waals surface area contributed by atoms with E-state index in [1.165, 1.54) is 25.0 Å². The van der Waals surface area contributed by atoms with E-state index in [0.29, 0.717) is 11.4 Å². The number of ether oxygens (including phenoxy) is 1. The minimum Gasteiger partial charge on any atom is -0.465 e. The topological polar surface area (TPSA) is 199 Å². The Kier molecular flexibility index (Phi) is 8.43. The molecule has 2 aromatic heterocycles. The number of rotatable bonds is 8. The number of carbonyl (C=O) groups is 4. The quantitative estimate of drug-likeness (QED) is 0.246. The van der Waals surface area contributed by atoms with Crippen molar-refractivity contribution in [1.29, 1.82) is 0 Å². The van der Waals surface area contributed by atoms with Gasteiger partial charge < -0.3 is 35.6 Å². The number of carboxylic acid groups (broad SMARTS) is 2. The first-order chi connectivity index (χ1) is 12.8. The van der Waals surface area contributed by atoms with Gasteiger partial charge >= 0.3 is 24.1 Å². The predicted octanol–water partition coefficient (Wildman–Crippen LogP) is -0.318. The third-order valence-electron chi connectivity index (χ3n) is 3.32. The highest BCUT2D eigenvalue weighted by atomic mass is 35.5. The molecule has 0 radical (unpaired) electrons. The van der Waals surface area contributed by atoms with Crippen LogP contribution in [0.5, 0.6) is 0 Å². The van der Waals surface area contributed by atoms with Crippen LogP contribution >= 0.6 is 12.4 Å². The average Bonchev–Trinajstić information content (AvgIpc) is 3.26. The van der Waals surface area contributed by atoms with Crippen molar-refractivity contribution in [2.24, 2.45) is 0 Å². The summed E-state index contributed by atoms with van der Waals surface area (Å²) in [5.41, 5.74) is 0.853. The number of nitrogens with zero attached hydrogens (tertiary/aromatic N) is 2. The Morgan fingerprint density at radius 3 is 1.57 bits per heavy atom. The summed E-state index contributed by atoms with van der Waals surface area (Å²) in [6.45, 7) is 0. The number of aromatic amines is 2. The molecule has 0 aliphatic rings. The summed E-state index contributed by atoms with van der Waals surface area (Å²) in [6, 6.07) is -2.80. The van der Waals surface area contributed by atoms with Crippen LogP contribution in [-0.2, 0) is 27.2 Å². The first-order valence-corrected chi connectivity index (χ1v) is 7.54. The van der Waals surface area contributed by atoms with Gasteiger partial charge in [-0.2, -0.15) is 0 Å². The van der Waals surface area contributed by atoms with Crippen LogP contribution in [-0.4, -0.2) is 66.4 Å². The maximum absolute atomic E-state index is 12.2. The minimum atomic E-state index is -1.50. The lowest BCUT2D eigenvalue weighted by Crippen LogP contribution is -2.48. The molecule has 2 aromatic rings. The van der Waals surface area contributed by atoms with Crippen molar-refractivity contribution in [3.8, 4) is 0 Å². The monoisotopic (exact) mass is 416 g/mol. The molecule has 0 spiro atoms. The Labute approximate surface area is 163 Å². The molecular formula is C14H17ClN6O7. The van der Waals surface area contributed by atoms with Crippen molar-refractivity contribution in [2.75, 3.05) is 0 Å². The lowest BCUT2D eigenvalue weighted by atomic mass is 10.1. The van der Waals surface area contributed by atoms with Gasteiger partial charge in [0.25, 0.3) is 0 Å². The SMILES string of the molecule is Cl.O=C(O)N[C@@H](Cc1cnc[nH]1)C(=O)OC(=O)[C@H](Cc1cnc[nH]1)NC(=O)O. The Morgan fingerprint density at radius 2 is 1.29 bits per heavy atom. The summed E-state index contributed by atoms with van der Waals surface area (Å²) in [4.78, 5) is 59.1. The van der Waals surface area contributed by atoms with Crippen molar-refractivity contribution in [1.82, 2.24) is 30.6 Å². The van der Waals surface area contributed by atoms with Gasteiger partial charge in [-0.05, 0) is 0 Å². The van der Waals surface area contributed by atoms with Crippen LogP contribution in [0.3, 0.4) is 0 Å². The summed E-state index contributed by atoms with van der Waals surface area (Å²) in [5, 5.41) is 21.6. The van der Waals surface area contributed by atoms with E-state index in [2.05, 4.69) is 24.7 Å². The normalized spacial score (nSPS) is 12.1. The van der Waals surface area contributed by atoms with E-state index in [4.69, 9.17) is 10.2 Å². The van der Waals surface area contributed by atoms with Crippen LogP contribution in [0, 0.1) is 0 Å². The molecule has 2 rings (SSSR count). The molecule has 0 fully saturated rings. The van der Waals surface area contributed by atoms with Crippen LogP contribution in [0.1, 0.15) is 11.4 Å². The number of amides is 2. The predicted molar refractivity (Wildman–Crippen MR) is 92.8 cm³/mol. The highest BCUT2D eigenvalue weighted by molar-refractivity contribution is 5.93. The fraction of sp³-hybridized carbons (Fsp3) is 0.286. The third kappa shape index (κ3) is 6.95. The molecule has 0 saturated carbocycles. The number of carbonyl (C=O) groups excluding carboxylic acids is 2. The lowest BCUT2D eigenvalue weighted by molar-refractivity contribution is -0.162. The fourth-order valence-electron chi connectivity index (χ4n) is 2.16. The molecule has 14 heteroatoms. The molecule has 2 atom stereocenters. The zero-order chi connectivity index (χ0) is 19.8. The third-order valence-corrected chi connectivity index (χ3v) is 3.32. The Morgan fingerprint density at radius 1 is 0.893 bits per heavy atom. The molecule has 152 valence electrons. The molecule has 13 nitrogen and oxygen atoms in total. The summed E-state index contributed by atoms with van der Waals surface area (Å²) in [6.07, 6.45) is 2.13. The van der Waals surface area contributed by atoms with E-state index in [-0.39, 0.29) is 25.2 Å². The number of aromatic nitrogens is 4. The summed E-state index contributed by atoms with van der Waals surface area (Å²) in [7, 11) is 0. The Bertz CT molecular complexity index is 729. The van der Waals surface area contributed by atoms with Gasteiger partial charge in [0.2, 0.25) is 0 Å². The smallest absolute Gasteiger partial charge is 0.405 e. The van der Waals surface area contributed by atoms with Gasteiger partial charge in [-0.15, -0.1) is 12.4 Å². The van der Waals surface area contributed by atoms with Crippen LogP contribution in [0.2, 0.25) is 0 Å². The zero-order valence-electron chi connectivity index (χ0n) is 14.1. The van der Waals surface area contributed by atoms with E-state index < -0.39 is 36.2 Å². The molecule has 6 N–H and O–H groups in total. The number of H-pyrrole nitrogens is 2. The van der Waals surface area contributed by atoms with Gasteiger partial charge in [-0.3, -0.25) is 0 Å². The number of esters is 2. The van der Waals surface area contributed by atoms with Crippen molar-refractivity contribution in [3.63, 3.8) is 0 Å². The first kappa shape index (κ1) is 22.4. The van der Waals surface area contributed by atoms with Gasteiger partial charge in [-0.25, -0.2) is 29.1 Å². The molecule has 0 bridgehead atoms. The van der Waals surface area contributed by atoms with E-state index in [0.717, 1.165) is 0 Å².